The molecule has 0 spiro atoms. The first-order valence-electron chi connectivity index (χ1n) is 8.99. The molecule has 146 valence electrons. The van der Waals surface area contributed by atoms with E-state index in [1.54, 1.807) is 19.2 Å². The molecule has 2 aromatic heterocycles. The molecule has 2 heterocycles. The topological polar surface area (TPSA) is 110 Å². The molecule has 1 unspecified atom stereocenters. The van der Waals surface area contributed by atoms with Gasteiger partial charge in [-0.25, -0.2) is 4.98 Å². The Labute approximate surface area is 158 Å². The maximum absolute atomic E-state index is 12.5. The fourth-order valence-corrected chi connectivity index (χ4v) is 3.56. The van der Waals surface area contributed by atoms with Gasteiger partial charge in [0.2, 0.25) is 5.88 Å². The summed E-state index contributed by atoms with van der Waals surface area (Å²) in [5, 5.41) is 27.2. The molecule has 3 N–H and O–H groups in total. The molecular formula is C19H26N4O4. The molecule has 1 fully saturated rings. The molecule has 27 heavy (non-hydrogen) atoms. The number of carbonyl (C=O) groups is 1. The second kappa shape index (κ2) is 7.66. The van der Waals surface area contributed by atoms with Crippen molar-refractivity contribution in [1.29, 1.82) is 0 Å². The largest absolute Gasteiger partial charge is 0.477 e. The van der Waals surface area contributed by atoms with Gasteiger partial charge in [0.05, 0.1) is 24.5 Å². The Bertz CT molecular complexity index is 810. The van der Waals surface area contributed by atoms with Crippen LogP contribution in [0.15, 0.2) is 24.3 Å². The second-order valence-electron chi connectivity index (χ2n) is 7.43. The number of nitrogens with one attached hydrogen (secondary N) is 1. The van der Waals surface area contributed by atoms with E-state index in [-0.39, 0.29) is 19.1 Å². The van der Waals surface area contributed by atoms with Crippen molar-refractivity contribution in [3.8, 4) is 5.88 Å². The van der Waals surface area contributed by atoms with Crippen molar-refractivity contribution >= 4 is 5.91 Å². The molecule has 1 aliphatic carbocycles. The first-order chi connectivity index (χ1) is 12.8. The van der Waals surface area contributed by atoms with Crippen LogP contribution in [0.5, 0.6) is 5.88 Å². The summed E-state index contributed by atoms with van der Waals surface area (Å²) in [4.78, 5) is 16.8. The zero-order valence-corrected chi connectivity index (χ0v) is 15.8. The number of hydrogen-bond donors (Lipinski definition) is 3. The highest BCUT2D eigenvalue weighted by molar-refractivity contribution is 5.92. The van der Waals surface area contributed by atoms with E-state index in [0.717, 1.165) is 11.4 Å². The van der Waals surface area contributed by atoms with Crippen LogP contribution < -0.4 is 10.1 Å². The molecule has 0 saturated heterocycles. The van der Waals surface area contributed by atoms with Gasteiger partial charge in [-0.05, 0) is 38.8 Å². The Morgan fingerprint density at radius 3 is 2.59 bits per heavy atom. The highest BCUT2D eigenvalue weighted by Crippen LogP contribution is 2.38. The fourth-order valence-electron chi connectivity index (χ4n) is 3.56. The van der Waals surface area contributed by atoms with E-state index in [2.05, 4.69) is 15.4 Å². The van der Waals surface area contributed by atoms with Crippen LogP contribution in [-0.4, -0.2) is 56.2 Å². The summed E-state index contributed by atoms with van der Waals surface area (Å²) in [7, 11) is 1.72. The van der Waals surface area contributed by atoms with Gasteiger partial charge in [0.25, 0.3) is 5.91 Å². The van der Waals surface area contributed by atoms with Gasteiger partial charge in [0.15, 0.2) is 0 Å². The number of nitrogens with zero attached hydrogens (tertiary/aromatic N) is 3. The van der Waals surface area contributed by atoms with Gasteiger partial charge >= 0.3 is 0 Å². The Balaban J connectivity index is 1.69. The van der Waals surface area contributed by atoms with E-state index in [0.29, 0.717) is 24.4 Å². The maximum Gasteiger partial charge on any atom is 0.269 e. The van der Waals surface area contributed by atoms with Crippen LogP contribution in [0, 0.1) is 19.3 Å². The number of pyridine rings is 1. The van der Waals surface area contributed by atoms with Crippen LogP contribution in [0.2, 0.25) is 0 Å². The minimum absolute atomic E-state index is 0.238. The predicted octanol–water partition coefficient (Wildman–Crippen LogP) is 0.743. The molecule has 3 atom stereocenters. The van der Waals surface area contributed by atoms with E-state index in [4.69, 9.17) is 4.74 Å². The first-order valence-corrected chi connectivity index (χ1v) is 8.99. The summed E-state index contributed by atoms with van der Waals surface area (Å²) in [6.07, 6.45) is -1.00. The summed E-state index contributed by atoms with van der Waals surface area (Å²) in [5.74, 6) is 0.237. The number of ether oxygens (including phenoxy) is 1. The van der Waals surface area contributed by atoms with Crippen LogP contribution in [0.1, 0.15) is 34.7 Å². The third kappa shape index (κ3) is 4.45. The lowest BCUT2D eigenvalue weighted by Gasteiger charge is -2.29. The van der Waals surface area contributed by atoms with Crippen LogP contribution >= 0.6 is 0 Å². The number of aliphatic hydroxyl groups excluding tert-OH is 2. The lowest BCUT2D eigenvalue weighted by atomic mass is 9.86. The van der Waals surface area contributed by atoms with Crippen molar-refractivity contribution in [1.82, 2.24) is 20.1 Å². The SMILES string of the molecule is Cc1cccc(OCC2(CNC(=O)c3cc(C)nn3C)C[C@@H](O)[C@@H](O)C2)n1. The number of amides is 1. The van der Waals surface area contributed by atoms with E-state index in [1.807, 2.05) is 26.0 Å². The lowest BCUT2D eigenvalue weighted by Crippen LogP contribution is -2.41. The summed E-state index contributed by atoms with van der Waals surface area (Å²) in [6, 6.07) is 7.21. The minimum Gasteiger partial charge on any atom is -0.477 e. The quantitative estimate of drug-likeness (QED) is 0.688. The third-order valence-electron chi connectivity index (χ3n) is 4.98. The molecule has 1 aliphatic rings. The molecule has 3 rings (SSSR count). The second-order valence-corrected chi connectivity index (χ2v) is 7.43. The van der Waals surface area contributed by atoms with Gasteiger partial charge < -0.3 is 20.3 Å². The number of rotatable bonds is 6. The van der Waals surface area contributed by atoms with Crippen molar-refractivity contribution in [3.63, 3.8) is 0 Å². The number of aryl methyl sites for hydroxylation is 3. The zero-order valence-electron chi connectivity index (χ0n) is 15.8. The molecule has 0 radical (unpaired) electrons. The van der Waals surface area contributed by atoms with E-state index in [1.165, 1.54) is 4.68 Å². The lowest BCUT2D eigenvalue weighted by molar-refractivity contribution is 0.0438. The van der Waals surface area contributed by atoms with Crippen LogP contribution in [0.3, 0.4) is 0 Å². The van der Waals surface area contributed by atoms with Crippen molar-refractivity contribution in [2.45, 2.75) is 38.9 Å². The standard InChI is InChI=1S/C19H26N4O4/c1-12-5-4-6-17(21-12)27-11-19(8-15(24)16(25)9-19)10-20-18(26)14-7-13(2)22-23(14)3/h4-7,15-16,24-25H,8-11H2,1-3H3,(H,20,26)/t15-,16+,19?. The van der Waals surface area contributed by atoms with Gasteiger partial charge in [-0.3, -0.25) is 9.48 Å². The Hall–Kier alpha value is -2.45. The zero-order chi connectivity index (χ0) is 19.6. The maximum atomic E-state index is 12.5. The Kier molecular flexibility index (Phi) is 5.48. The average Bonchev–Trinajstić information content (AvgIpc) is 3.10. The third-order valence-corrected chi connectivity index (χ3v) is 4.98. The molecule has 0 bridgehead atoms. The van der Waals surface area contributed by atoms with Crippen molar-refractivity contribution in [3.05, 3.63) is 41.3 Å². The highest BCUT2D eigenvalue weighted by Gasteiger charge is 2.45. The molecule has 1 saturated carbocycles. The van der Waals surface area contributed by atoms with Gasteiger partial charge in [0, 0.05) is 30.8 Å². The molecule has 0 aliphatic heterocycles. The normalized spacial score (nSPS) is 24.8. The molecule has 0 aromatic carbocycles. The number of hydrogen-bond acceptors (Lipinski definition) is 6. The highest BCUT2D eigenvalue weighted by atomic mass is 16.5. The average molecular weight is 374 g/mol. The summed E-state index contributed by atoms with van der Waals surface area (Å²) in [6.45, 7) is 4.21. The predicted molar refractivity (Wildman–Crippen MR) is 98.4 cm³/mol. The fraction of sp³-hybridized carbons (Fsp3) is 0.526. The molecule has 8 heteroatoms. The summed E-state index contributed by atoms with van der Waals surface area (Å²) in [5.41, 5.74) is 1.49. The monoisotopic (exact) mass is 374 g/mol. The van der Waals surface area contributed by atoms with Gasteiger partial charge in [0.1, 0.15) is 5.69 Å². The molecule has 1 amide bonds. The summed E-state index contributed by atoms with van der Waals surface area (Å²) >= 11 is 0. The van der Waals surface area contributed by atoms with Gasteiger partial charge in [-0.1, -0.05) is 6.07 Å². The van der Waals surface area contributed by atoms with Crippen LogP contribution in [0.4, 0.5) is 0 Å². The number of aromatic nitrogens is 3. The van der Waals surface area contributed by atoms with Gasteiger partial charge in [-0.15, -0.1) is 0 Å². The van der Waals surface area contributed by atoms with Crippen LogP contribution in [0.25, 0.3) is 0 Å². The summed E-state index contributed by atoms with van der Waals surface area (Å²) < 4.78 is 7.37. The van der Waals surface area contributed by atoms with E-state index < -0.39 is 17.6 Å². The van der Waals surface area contributed by atoms with Crippen molar-refractivity contribution in [2.75, 3.05) is 13.2 Å². The van der Waals surface area contributed by atoms with Crippen molar-refractivity contribution in [2.24, 2.45) is 12.5 Å². The molecule has 8 nitrogen and oxygen atoms in total. The first kappa shape index (κ1) is 19.3. The Morgan fingerprint density at radius 2 is 2.00 bits per heavy atom. The Morgan fingerprint density at radius 1 is 1.30 bits per heavy atom. The molecular weight excluding hydrogens is 348 g/mol. The van der Waals surface area contributed by atoms with Crippen LogP contribution in [-0.2, 0) is 7.05 Å². The van der Waals surface area contributed by atoms with E-state index >= 15 is 0 Å². The number of carbonyl (C=O) groups excluding carboxylic acids is 1. The van der Waals surface area contributed by atoms with Gasteiger partial charge in [-0.2, -0.15) is 5.10 Å². The molecule has 2 aromatic rings. The minimum atomic E-state index is -0.838. The van der Waals surface area contributed by atoms with E-state index in [9.17, 15) is 15.0 Å². The number of aliphatic hydroxyl groups is 2. The van der Waals surface area contributed by atoms with Crippen molar-refractivity contribution < 1.29 is 19.7 Å². The smallest absolute Gasteiger partial charge is 0.269 e.